The second kappa shape index (κ2) is 9.92. The van der Waals surface area contributed by atoms with Gasteiger partial charge in [-0.25, -0.2) is 13.2 Å². The lowest BCUT2D eigenvalue weighted by atomic mass is 10.1. The Morgan fingerprint density at radius 2 is 1.71 bits per heavy atom. The molecule has 1 aliphatic heterocycles. The Morgan fingerprint density at radius 1 is 1.03 bits per heavy atom. The zero-order chi connectivity index (χ0) is 25.2. The minimum Gasteiger partial charge on any atom is -0.449 e. The van der Waals surface area contributed by atoms with Crippen LogP contribution in [0.3, 0.4) is 0 Å². The standard InChI is InChI=1S/C27H28N2O5S/c1-19-16-22-12-7-8-15-25(22)29(19)35(32,33)24-14-9-13-23(17-24)27(31)34-20(2)26(30)28(3)18-21-10-5-4-6-11-21/h4-15,17,19-20H,16,18H2,1-3H3. The highest BCUT2D eigenvalue weighted by molar-refractivity contribution is 7.92. The third kappa shape index (κ3) is 5.07. The topological polar surface area (TPSA) is 84.0 Å². The molecule has 0 radical (unpaired) electrons. The van der Waals surface area contributed by atoms with E-state index in [1.165, 1.54) is 40.4 Å². The molecule has 2 atom stereocenters. The first-order valence-corrected chi connectivity index (χ1v) is 12.8. The van der Waals surface area contributed by atoms with Crippen LogP contribution in [0.1, 0.15) is 35.3 Å². The number of hydrogen-bond donors (Lipinski definition) is 0. The van der Waals surface area contributed by atoms with E-state index in [9.17, 15) is 18.0 Å². The molecule has 7 nitrogen and oxygen atoms in total. The van der Waals surface area contributed by atoms with Crippen LogP contribution < -0.4 is 4.31 Å². The SMILES string of the molecule is CC(OC(=O)c1cccc(S(=O)(=O)N2c3ccccc3CC2C)c1)C(=O)N(C)Cc1ccccc1. The summed E-state index contributed by atoms with van der Waals surface area (Å²) in [5.74, 6) is -1.11. The molecule has 0 aliphatic carbocycles. The number of carbonyl (C=O) groups is 2. The molecule has 1 amide bonds. The van der Waals surface area contributed by atoms with Crippen LogP contribution in [0.2, 0.25) is 0 Å². The van der Waals surface area contributed by atoms with E-state index in [0.717, 1.165) is 11.1 Å². The third-order valence-electron chi connectivity index (χ3n) is 6.04. The van der Waals surface area contributed by atoms with Crippen molar-refractivity contribution < 1.29 is 22.7 Å². The van der Waals surface area contributed by atoms with Crippen LogP contribution in [0.4, 0.5) is 5.69 Å². The summed E-state index contributed by atoms with van der Waals surface area (Å²) < 4.78 is 33.8. The van der Waals surface area contributed by atoms with Crippen LogP contribution in [0.25, 0.3) is 0 Å². The Kier molecular flexibility index (Phi) is 6.93. The van der Waals surface area contributed by atoms with Crippen molar-refractivity contribution in [3.05, 3.63) is 95.6 Å². The van der Waals surface area contributed by atoms with Crippen molar-refractivity contribution in [3.8, 4) is 0 Å². The first kappa shape index (κ1) is 24.5. The molecule has 182 valence electrons. The summed E-state index contributed by atoms with van der Waals surface area (Å²) in [7, 11) is -2.26. The number of carbonyl (C=O) groups excluding carboxylic acids is 2. The van der Waals surface area contributed by atoms with E-state index >= 15 is 0 Å². The summed E-state index contributed by atoms with van der Waals surface area (Å²) in [4.78, 5) is 27.0. The predicted octanol–water partition coefficient (Wildman–Crippen LogP) is 4.03. The third-order valence-corrected chi connectivity index (χ3v) is 7.97. The lowest BCUT2D eigenvalue weighted by Crippen LogP contribution is -2.37. The molecule has 4 rings (SSSR count). The van der Waals surface area contributed by atoms with Crippen LogP contribution in [0.5, 0.6) is 0 Å². The normalized spacial score (nSPS) is 15.9. The minimum absolute atomic E-state index is 0.00400. The number of hydrogen-bond acceptors (Lipinski definition) is 5. The predicted molar refractivity (Wildman–Crippen MR) is 134 cm³/mol. The van der Waals surface area contributed by atoms with Gasteiger partial charge in [0.25, 0.3) is 15.9 Å². The molecule has 0 spiro atoms. The Bertz CT molecular complexity index is 1340. The van der Waals surface area contributed by atoms with E-state index in [1.807, 2.05) is 49.4 Å². The molecular weight excluding hydrogens is 464 g/mol. The lowest BCUT2D eigenvalue weighted by molar-refractivity contribution is -0.139. The van der Waals surface area contributed by atoms with Gasteiger partial charge in [0, 0.05) is 19.6 Å². The monoisotopic (exact) mass is 492 g/mol. The van der Waals surface area contributed by atoms with Gasteiger partial charge in [0.15, 0.2) is 6.10 Å². The first-order chi connectivity index (χ1) is 16.7. The molecule has 2 unspecified atom stereocenters. The molecule has 35 heavy (non-hydrogen) atoms. The molecule has 1 heterocycles. The van der Waals surface area contributed by atoms with Crippen molar-refractivity contribution in [2.24, 2.45) is 0 Å². The van der Waals surface area contributed by atoms with Gasteiger partial charge in [-0.3, -0.25) is 9.10 Å². The van der Waals surface area contributed by atoms with Gasteiger partial charge in [-0.2, -0.15) is 0 Å². The molecule has 0 bridgehead atoms. The Labute approximate surface area is 206 Å². The summed E-state index contributed by atoms with van der Waals surface area (Å²) in [6, 6.07) is 22.4. The second-order valence-corrected chi connectivity index (χ2v) is 10.6. The van der Waals surface area contributed by atoms with Crippen molar-refractivity contribution >= 4 is 27.6 Å². The molecule has 0 saturated heterocycles. The maximum atomic E-state index is 13.5. The summed E-state index contributed by atoms with van der Waals surface area (Å²) in [6.45, 7) is 3.74. The largest absolute Gasteiger partial charge is 0.449 e. The summed E-state index contributed by atoms with van der Waals surface area (Å²) >= 11 is 0. The van der Waals surface area contributed by atoms with Crippen molar-refractivity contribution in [3.63, 3.8) is 0 Å². The van der Waals surface area contributed by atoms with Crippen molar-refractivity contribution in [2.45, 2.75) is 43.9 Å². The van der Waals surface area contributed by atoms with Crippen LogP contribution in [-0.2, 0) is 32.5 Å². The minimum atomic E-state index is -3.90. The molecule has 1 aliphatic rings. The fourth-order valence-electron chi connectivity index (χ4n) is 4.33. The highest BCUT2D eigenvalue weighted by atomic mass is 32.2. The Hall–Kier alpha value is -3.65. The van der Waals surface area contributed by atoms with E-state index in [4.69, 9.17) is 4.74 Å². The van der Waals surface area contributed by atoms with Gasteiger partial charge in [-0.15, -0.1) is 0 Å². The van der Waals surface area contributed by atoms with E-state index in [-0.39, 0.29) is 22.4 Å². The van der Waals surface area contributed by atoms with Crippen LogP contribution in [0.15, 0.2) is 83.8 Å². The number of rotatable bonds is 7. The smallest absolute Gasteiger partial charge is 0.338 e. The average molecular weight is 493 g/mol. The fourth-order valence-corrected chi connectivity index (χ4v) is 6.06. The fraction of sp³-hybridized carbons (Fsp3) is 0.259. The van der Waals surface area contributed by atoms with Gasteiger partial charge in [0.1, 0.15) is 0 Å². The summed E-state index contributed by atoms with van der Waals surface area (Å²) in [5, 5.41) is 0. The molecular formula is C27H28N2O5S. The molecule has 0 fully saturated rings. The number of sulfonamides is 1. The number of likely N-dealkylation sites (N-methyl/N-ethyl adjacent to an activating group) is 1. The van der Waals surface area contributed by atoms with Crippen LogP contribution in [-0.4, -0.2) is 44.4 Å². The first-order valence-electron chi connectivity index (χ1n) is 11.4. The average Bonchev–Trinajstić information content (AvgIpc) is 3.20. The van der Waals surface area contributed by atoms with Crippen LogP contribution >= 0.6 is 0 Å². The van der Waals surface area contributed by atoms with Gasteiger partial charge in [-0.05, 0) is 55.7 Å². The number of para-hydroxylation sites is 1. The summed E-state index contributed by atoms with van der Waals surface area (Å²) in [5.41, 5.74) is 2.63. The second-order valence-electron chi connectivity index (χ2n) is 8.74. The zero-order valence-corrected chi connectivity index (χ0v) is 20.7. The Morgan fingerprint density at radius 3 is 2.46 bits per heavy atom. The number of esters is 1. The molecule has 0 aromatic heterocycles. The molecule has 8 heteroatoms. The molecule has 0 N–H and O–H groups in total. The van der Waals surface area contributed by atoms with Gasteiger partial charge < -0.3 is 9.64 Å². The van der Waals surface area contributed by atoms with Gasteiger partial charge >= 0.3 is 5.97 Å². The van der Waals surface area contributed by atoms with E-state index in [1.54, 1.807) is 19.2 Å². The highest BCUT2D eigenvalue weighted by Crippen LogP contribution is 2.36. The zero-order valence-electron chi connectivity index (χ0n) is 19.9. The van der Waals surface area contributed by atoms with E-state index in [0.29, 0.717) is 18.7 Å². The molecule has 0 saturated carbocycles. The summed E-state index contributed by atoms with van der Waals surface area (Å²) in [6.07, 6.45) is -0.408. The number of nitrogens with zero attached hydrogens (tertiary/aromatic N) is 2. The van der Waals surface area contributed by atoms with Gasteiger partial charge in [0.05, 0.1) is 16.1 Å². The maximum absolute atomic E-state index is 13.5. The number of fused-ring (bicyclic) bond motifs is 1. The van der Waals surface area contributed by atoms with Gasteiger partial charge in [0.2, 0.25) is 0 Å². The van der Waals surface area contributed by atoms with E-state index < -0.39 is 22.1 Å². The number of amides is 1. The van der Waals surface area contributed by atoms with Gasteiger partial charge in [-0.1, -0.05) is 54.6 Å². The number of benzene rings is 3. The lowest BCUT2D eigenvalue weighted by Gasteiger charge is -2.25. The number of anilines is 1. The van der Waals surface area contributed by atoms with Crippen molar-refractivity contribution in [1.82, 2.24) is 4.90 Å². The molecule has 3 aromatic carbocycles. The van der Waals surface area contributed by atoms with Crippen molar-refractivity contribution in [1.29, 1.82) is 0 Å². The maximum Gasteiger partial charge on any atom is 0.338 e. The Balaban J connectivity index is 1.48. The van der Waals surface area contributed by atoms with Crippen molar-refractivity contribution in [2.75, 3.05) is 11.4 Å². The van der Waals surface area contributed by atoms with E-state index in [2.05, 4.69) is 0 Å². The number of ether oxygens (including phenoxy) is 1. The van der Waals surface area contributed by atoms with Crippen LogP contribution in [0, 0.1) is 0 Å². The highest BCUT2D eigenvalue weighted by Gasteiger charge is 2.36. The molecule has 3 aromatic rings. The quantitative estimate of drug-likeness (QED) is 0.465.